The van der Waals surface area contributed by atoms with Crippen molar-refractivity contribution in [2.24, 2.45) is 5.73 Å². The summed E-state index contributed by atoms with van der Waals surface area (Å²) in [5.74, 6) is 0.0568. The van der Waals surface area contributed by atoms with Crippen LogP contribution < -0.4 is 5.73 Å². The molecule has 2 N–H and O–H groups in total. The van der Waals surface area contributed by atoms with Gasteiger partial charge in [-0.15, -0.1) is 11.3 Å². The second-order valence-electron chi connectivity index (χ2n) is 6.70. The van der Waals surface area contributed by atoms with Gasteiger partial charge in [-0.1, -0.05) is 13.0 Å². The van der Waals surface area contributed by atoms with Gasteiger partial charge in [0.2, 0.25) is 5.91 Å². The molecule has 1 amide bonds. The number of carbonyl (C=O) groups excluding carboxylic acids is 1. The first-order valence-electron chi connectivity index (χ1n) is 7.93. The van der Waals surface area contributed by atoms with Gasteiger partial charge in [-0.25, -0.2) is 0 Å². The molecule has 0 bridgehead atoms. The molecule has 1 saturated heterocycles. The van der Waals surface area contributed by atoms with E-state index in [0.717, 1.165) is 16.0 Å². The molecule has 1 aliphatic rings. The maximum absolute atomic E-state index is 12.2. The number of benzene rings is 1. The molecule has 1 aliphatic heterocycles. The monoisotopic (exact) mass is 350 g/mol. The third kappa shape index (κ3) is 3.02. The molecule has 0 aliphatic carbocycles. The number of thiophene rings is 1. The van der Waals surface area contributed by atoms with Crippen molar-refractivity contribution in [3.05, 3.63) is 45.6 Å². The Kier molecular flexibility index (Phi) is 4.34. The molecule has 0 spiro atoms. The lowest BCUT2D eigenvalue weighted by atomic mass is 9.77. The van der Waals surface area contributed by atoms with E-state index in [0.29, 0.717) is 24.0 Å². The average Bonchev–Trinajstić information content (AvgIpc) is 3.10. The van der Waals surface area contributed by atoms with Crippen LogP contribution in [-0.4, -0.2) is 24.0 Å². The molecule has 1 aromatic heterocycles. The number of nitrogens with two attached hydrogens (primary N) is 1. The largest absolute Gasteiger partial charge is 0.330 e. The molecular weight excluding hydrogens is 332 g/mol. The van der Waals surface area contributed by atoms with E-state index in [1.54, 1.807) is 35.4 Å². The van der Waals surface area contributed by atoms with E-state index in [-0.39, 0.29) is 17.5 Å². The molecule has 3 rings (SSSR count). The van der Waals surface area contributed by atoms with Crippen LogP contribution in [0.4, 0.5) is 0 Å². The number of hydrogen-bond acceptors (Lipinski definition) is 5. The van der Waals surface area contributed by atoms with Crippen LogP contribution in [0.3, 0.4) is 0 Å². The fourth-order valence-electron chi connectivity index (χ4n) is 3.22. The van der Waals surface area contributed by atoms with E-state index in [4.69, 9.17) is 11.0 Å². The van der Waals surface area contributed by atoms with Crippen LogP contribution in [-0.2, 0) is 10.2 Å². The highest BCUT2D eigenvalue weighted by Gasteiger charge is 2.40. The first-order chi connectivity index (χ1) is 11.9. The minimum Gasteiger partial charge on any atom is -0.330 e. The summed E-state index contributed by atoms with van der Waals surface area (Å²) in [6.45, 7) is 2.08. The zero-order valence-corrected chi connectivity index (χ0v) is 14.9. The topological polar surface area (TPSA) is 93.9 Å². The van der Waals surface area contributed by atoms with Crippen molar-refractivity contribution in [2.75, 3.05) is 7.05 Å². The highest BCUT2D eigenvalue weighted by molar-refractivity contribution is 7.10. The quantitative estimate of drug-likeness (QED) is 0.901. The highest BCUT2D eigenvalue weighted by Crippen LogP contribution is 2.41. The number of hydrogen-bond donors (Lipinski definition) is 1. The van der Waals surface area contributed by atoms with Crippen LogP contribution in [0, 0.1) is 22.7 Å². The number of likely N-dealkylation sites (tertiary alicyclic amines) is 1. The van der Waals surface area contributed by atoms with Crippen molar-refractivity contribution < 1.29 is 4.79 Å². The van der Waals surface area contributed by atoms with Crippen LogP contribution in [0.5, 0.6) is 0 Å². The summed E-state index contributed by atoms with van der Waals surface area (Å²) in [4.78, 5) is 14.9. The van der Waals surface area contributed by atoms with E-state index in [1.807, 2.05) is 17.5 Å². The maximum Gasteiger partial charge on any atom is 0.224 e. The standard InChI is InChI=1S/C19H18N4OS/c1-19(7-17(22)23(2)18(24)8-19)16-6-15(11-25-16)12-3-4-13(9-20)14(5-12)10-21/h3-6,11,17H,7-8,22H2,1-2H3/t17?,19-/m0/s1. The van der Waals surface area contributed by atoms with Crippen molar-refractivity contribution in [3.8, 4) is 23.3 Å². The first kappa shape index (κ1) is 17.2. The maximum atomic E-state index is 12.2. The van der Waals surface area contributed by atoms with Gasteiger partial charge in [-0.3, -0.25) is 4.79 Å². The summed E-state index contributed by atoms with van der Waals surface area (Å²) >= 11 is 1.60. The zero-order chi connectivity index (χ0) is 18.2. The predicted molar refractivity (Wildman–Crippen MR) is 96.5 cm³/mol. The smallest absolute Gasteiger partial charge is 0.224 e. The Morgan fingerprint density at radius 2 is 1.96 bits per heavy atom. The van der Waals surface area contributed by atoms with E-state index >= 15 is 0 Å². The molecule has 5 nitrogen and oxygen atoms in total. The van der Waals surface area contributed by atoms with Crippen molar-refractivity contribution in [1.29, 1.82) is 10.5 Å². The van der Waals surface area contributed by atoms with Crippen molar-refractivity contribution >= 4 is 17.2 Å². The molecule has 0 saturated carbocycles. The van der Waals surface area contributed by atoms with Crippen molar-refractivity contribution in [3.63, 3.8) is 0 Å². The second kappa shape index (κ2) is 6.33. The van der Waals surface area contributed by atoms with Gasteiger partial charge in [-0.05, 0) is 41.1 Å². The van der Waals surface area contributed by atoms with E-state index in [1.165, 1.54) is 0 Å². The number of rotatable bonds is 2. The van der Waals surface area contributed by atoms with Gasteiger partial charge in [0.05, 0.1) is 17.3 Å². The Morgan fingerprint density at radius 1 is 1.24 bits per heavy atom. The van der Waals surface area contributed by atoms with E-state index in [2.05, 4.69) is 19.1 Å². The normalized spacial score (nSPS) is 23.2. The summed E-state index contributed by atoms with van der Waals surface area (Å²) in [6, 6.07) is 11.4. The van der Waals surface area contributed by atoms with Gasteiger partial charge in [-0.2, -0.15) is 10.5 Å². The lowest BCUT2D eigenvalue weighted by Crippen LogP contribution is -2.53. The molecule has 126 valence electrons. The van der Waals surface area contributed by atoms with Gasteiger partial charge in [0.15, 0.2) is 0 Å². The van der Waals surface area contributed by atoms with Gasteiger partial charge in [0.25, 0.3) is 0 Å². The van der Waals surface area contributed by atoms with Crippen LogP contribution in [0.15, 0.2) is 29.6 Å². The van der Waals surface area contributed by atoms with Crippen molar-refractivity contribution in [2.45, 2.75) is 31.3 Å². The van der Waals surface area contributed by atoms with E-state index in [9.17, 15) is 10.1 Å². The number of piperidine rings is 1. The lowest BCUT2D eigenvalue weighted by molar-refractivity contribution is -0.137. The summed E-state index contributed by atoms with van der Waals surface area (Å²) in [5.41, 5.74) is 8.46. The third-order valence-electron chi connectivity index (χ3n) is 4.88. The fourth-order valence-corrected chi connectivity index (χ4v) is 4.31. The Labute approximate surface area is 150 Å². The molecular formula is C19H18N4OS. The average molecular weight is 350 g/mol. The molecule has 0 radical (unpaired) electrons. The van der Waals surface area contributed by atoms with Crippen LogP contribution in [0.25, 0.3) is 11.1 Å². The highest BCUT2D eigenvalue weighted by atomic mass is 32.1. The van der Waals surface area contributed by atoms with E-state index < -0.39 is 0 Å². The minimum absolute atomic E-state index is 0.0568. The third-order valence-corrected chi connectivity index (χ3v) is 6.12. The van der Waals surface area contributed by atoms with Gasteiger partial charge in [0, 0.05) is 23.8 Å². The van der Waals surface area contributed by atoms with Crippen molar-refractivity contribution in [1.82, 2.24) is 4.90 Å². The molecule has 2 atom stereocenters. The number of amides is 1. The summed E-state index contributed by atoms with van der Waals surface area (Å²) in [5, 5.41) is 20.3. The Morgan fingerprint density at radius 3 is 2.60 bits per heavy atom. The van der Waals surface area contributed by atoms with Gasteiger partial charge >= 0.3 is 0 Å². The molecule has 1 fully saturated rings. The first-order valence-corrected chi connectivity index (χ1v) is 8.81. The molecule has 1 unspecified atom stereocenters. The second-order valence-corrected chi connectivity index (χ2v) is 7.61. The molecule has 2 heterocycles. The minimum atomic E-state index is -0.281. The van der Waals surface area contributed by atoms with Gasteiger partial charge in [0.1, 0.15) is 12.1 Å². The SMILES string of the molecule is CN1C(=O)C[C@@](C)(c2cc(-c3ccc(C#N)c(C#N)c3)cs2)CC1N. The van der Waals surface area contributed by atoms with Crippen LogP contribution in [0.2, 0.25) is 0 Å². The number of carbonyl (C=O) groups is 1. The molecule has 6 heteroatoms. The Hall–Kier alpha value is -2.67. The Balaban J connectivity index is 1.95. The summed E-state index contributed by atoms with van der Waals surface area (Å²) in [6.07, 6.45) is 0.872. The Bertz CT molecular complexity index is 920. The fraction of sp³-hybridized carbons (Fsp3) is 0.316. The van der Waals surface area contributed by atoms with Crippen LogP contribution >= 0.6 is 11.3 Å². The molecule has 1 aromatic carbocycles. The number of nitrogens with zero attached hydrogens (tertiary/aromatic N) is 3. The molecule has 2 aromatic rings. The lowest BCUT2D eigenvalue weighted by Gasteiger charge is -2.40. The van der Waals surface area contributed by atoms with Gasteiger partial charge < -0.3 is 10.6 Å². The molecule has 25 heavy (non-hydrogen) atoms. The van der Waals surface area contributed by atoms with Crippen LogP contribution in [0.1, 0.15) is 35.8 Å². The number of nitriles is 2. The summed E-state index contributed by atoms with van der Waals surface area (Å²) in [7, 11) is 1.74. The predicted octanol–water partition coefficient (Wildman–Crippen LogP) is 2.95. The zero-order valence-electron chi connectivity index (χ0n) is 14.1. The summed E-state index contributed by atoms with van der Waals surface area (Å²) < 4.78 is 0.